The molecule has 3 N–H and O–H groups in total. The molecule has 2 saturated carbocycles. The quantitative estimate of drug-likeness (QED) is 0.537. The van der Waals surface area contributed by atoms with Crippen molar-refractivity contribution in [3.05, 3.63) is 47.7 Å². The number of sulfonamides is 1. The van der Waals surface area contributed by atoms with Crippen molar-refractivity contribution in [3.63, 3.8) is 0 Å². The van der Waals surface area contributed by atoms with E-state index in [-0.39, 0.29) is 16.5 Å². The van der Waals surface area contributed by atoms with Gasteiger partial charge < -0.3 is 10.1 Å². The highest BCUT2D eigenvalue weighted by molar-refractivity contribution is 7.89. The summed E-state index contributed by atoms with van der Waals surface area (Å²) in [6, 6.07) is 9.98. The molecule has 8 nitrogen and oxygen atoms in total. The second kappa shape index (κ2) is 7.97. The molecule has 2 aromatic heterocycles. The lowest BCUT2D eigenvalue weighted by molar-refractivity contribution is 0.194. The van der Waals surface area contributed by atoms with Gasteiger partial charge in [0.05, 0.1) is 16.5 Å². The molecule has 1 atom stereocenters. The fourth-order valence-corrected chi connectivity index (χ4v) is 3.85. The van der Waals surface area contributed by atoms with Crippen molar-refractivity contribution in [2.45, 2.75) is 56.1 Å². The van der Waals surface area contributed by atoms with E-state index in [1.54, 1.807) is 12.1 Å². The standard InChI is InChI=1S/C24H25N5O3S/c1-15(17-6-10-19(11-7-17)33(25,30)31)26-23-28-20-12-9-18(8-5-16-3-4-16)27-21(20)22(29-23)32-24(2)13-14-24/h6-7,9-12,15-16H,3-4,13-14H2,1-2H3,(H2,25,30,31)(H,26,28,29). The first-order valence-electron chi connectivity index (χ1n) is 11.0. The van der Waals surface area contributed by atoms with Gasteiger partial charge in [-0.25, -0.2) is 23.5 Å². The maximum atomic E-state index is 11.5. The van der Waals surface area contributed by atoms with Crippen molar-refractivity contribution in [2.75, 3.05) is 5.32 Å². The molecule has 0 aliphatic heterocycles. The Kier molecular flexibility index (Phi) is 5.22. The summed E-state index contributed by atoms with van der Waals surface area (Å²) in [5.41, 5.74) is 2.59. The largest absolute Gasteiger partial charge is 0.470 e. The maximum Gasteiger partial charge on any atom is 0.246 e. The molecule has 0 saturated heterocycles. The normalized spacial score (nSPS) is 17.7. The summed E-state index contributed by atoms with van der Waals surface area (Å²) in [7, 11) is -3.73. The van der Waals surface area contributed by atoms with E-state index in [0.29, 0.717) is 34.5 Å². The van der Waals surface area contributed by atoms with Crippen LogP contribution in [0.4, 0.5) is 5.95 Å². The highest BCUT2D eigenvalue weighted by Crippen LogP contribution is 2.40. The van der Waals surface area contributed by atoms with E-state index in [0.717, 1.165) is 31.2 Å². The second-order valence-electron chi connectivity index (χ2n) is 8.99. The van der Waals surface area contributed by atoms with Crippen LogP contribution in [0.1, 0.15) is 56.8 Å². The Morgan fingerprint density at radius 2 is 1.85 bits per heavy atom. The number of anilines is 1. The van der Waals surface area contributed by atoms with Crippen LogP contribution < -0.4 is 15.2 Å². The minimum atomic E-state index is -3.73. The molecule has 1 aromatic carbocycles. The molecule has 0 spiro atoms. The van der Waals surface area contributed by atoms with Crippen LogP contribution in [0, 0.1) is 17.8 Å². The maximum absolute atomic E-state index is 11.5. The van der Waals surface area contributed by atoms with E-state index in [1.807, 2.05) is 19.1 Å². The third-order valence-electron chi connectivity index (χ3n) is 5.84. The van der Waals surface area contributed by atoms with Crippen LogP contribution in [0.25, 0.3) is 11.0 Å². The first-order chi connectivity index (χ1) is 15.7. The molecule has 33 heavy (non-hydrogen) atoms. The van der Waals surface area contributed by atoms with E-state index in [4.69, 9.17) is 9.88 Å². The Balaban J connectivity index is 1.45. The van der Waals surface area contributed by atoms with Gasteiger partial charge in [-0.05, 0) is 75.3 Å². The van der Waals surface area contributed by atoms with Gasteiger partial charge in [0.2, 0.25) is 21.9 Å². The van der Waals surface area contributed by atoms with Gasteiger partial charge in [0.25, 0.3) is 0 Å². The molecule has 3 aromatic rings. The molecule has 0 radical (unpaired) electrons. The Morgan fingerprint density at radius 3 is 2.48 bits per heavy atom. The number of rotatable bonds is 6. The number of nitrogens with two attached hydrogens (primary N) is 1. The smallest absolute Gasteiger partial charge is 0.246 e. The van der Waals surface area contributed by atoms with Crippen LogP contribution in [0.5, 0.6) is 5.88 Å². The Hall–Kier alpha value is -3.22. The molecule has 0 amide bonds. The molecule has 170 valence electrons. The van der Waals surface area contributed by atoms with Gasteiger partial charge in [-0.2, -0.15) is 4.98 Å². The fourth-order valence-electron chi connectivity index (χ4n) is 3.33. The van der Waals surface area contributed by atoms with Gasteiger partial charge >= 0.3 is 0 Å². The number of hydrogen-bond acceptors (Lipinski definition) is 7. The lowest BCUT2D eigenvalue weighted by Crippen LogP contribution is -2.16. The van der Waals surface area contributed by atoms with Crippen molar-refractivity contribution in [3.8, 4) is 17.7 Å². The predicted octanol–water partition coefficient (Wildman–Crippen LogP) is 3.54. The Morgan fingerprint density at radius 1 is 1.12 bits per heavy atom. The topological polar surface area (TPSA) is 120 Å². The van der Waals surface area contributed by atoms with Crippen LogP contribution in [0.15, 0.2) is 41.3 Å². The molecule has 9 heteroatoms. The highest BCUT2D eigenvalue weighted by atomic mass is 32.2. The highest BCUT2D eigenvalue weighted by Gasteiger charge is 2.41. The molecule has 1 unspecified atom stereocenters. The summed E-state index contributed by atoms with van der Waals surface area (Å²) in [5.74, 6) is 7.72. The monoisotopic (exact) mass is 463 g/mol. The number of nitrogens with one attached hydrogen (secondary N) is 1. The molecular weight excluding hydrogens is 438 g/mol. The average Bonchev–Trinajstić information content (AvgIpc) is 3.70. The Labute approximate surface area is 193 Å². The molecule has 5 rings (SSSR count). The van der Waals surface area contributed by atoms with Crippen LogP contribution in [-0.4, -0.2) is 29.0 Å². The summed E-state index contributed by atoms with van der Waals surface area (Å²) < 4.78 is 29.2. The molecular formula is C24H25N5O3S. The first kappa shape index (κ1) is 21.6. The van der Waals surface area contributed by atoms with Gasteiger partial charge in [-0.1, -0.05) is 18.1 Å². The van der Waals surface area contributed by atoms with E-state index >= 15 is 0 Å². The number of fused-ring (bicyclic) bond motifs is 1. The van der Waals surface area contributed by atoms with Crippen LogP contribution in [-0.2, 0) is 10.0 Å². The fraction of sp³-hybridized carbons (Fsp3) is 0.375. The van der Waals surface area contributed by atoms with E-state index < -0.39 is 10.0 Å². The van der Waals surface area contributed by atoms with Gasteiger partial charge in [0.15, 0.2) is 5.52 Å². The lowest BCUT2D eigenvalue weighted by Gasteiger charge is -2.18. The van der Waals surface area contributed by atoms with Crippen LogP contribution >= 0.6 is 0 Å². The van der Waals surface area contributed by atoms with Gasteiger partial charge in [0.1, 0.15) is 11.3 Å². The van der Waals surface area contributed by atoms with Crippen molar-refractivity contribution >= 4 is 27.0 Å². The summed E-state index contributed by atoms with van der Waals surface area (Å²) in [6.45, 7) is 4.00. The Bertz CT molecular complexity index is 1390. The minimum Gasteiger partial charge on any atom is -0.470 e. The number of nitrogens with zero attached hydrogens (tertiary/aromatic N) is 3. The van der Waals surface area contributed by atoms with Crippen molar-refractivity contribution in [1.82, 2.24) is 15.0 Å². The van der Waals surface area contributed by atoms with Crippen molar-refractivity contribution in [1.29, 1.82) is 0 Å². The number of pyridine rings is 1. The van der Waals surface area contributed by atoms with E-state index in [2.05, 4.69) is 39.0 Å². The van der Waals surface area contributed by atoms with Crippen molar-refractivity contribution in [2.24, 2.45) is 11.1 Å². The van der Waals surface area contributed by atoms with Crippen LogP contribution in [0.3, 0.4) is 0 Å². The minimum absolute atomic E-state index is 0.0698. The first-order valence-corrected chi connectivity index (χ1v) is 12.5. The molecule has 2 fully saturated rings. The predicted molar refractivity (Wildman–Crippen MR) is 125 cm³/mol. The number of hydrogen-bond donors (Lipinski definition) is 2. The van der Waals surface area contributed by atoms with E-state index in [1.165, 1.54) is 12.1 Å². The molecule has 2 heterocycles. The van der Waals surface area contributed by atoms with Gasteiger partial charge in [0, 0.05) is 5.92 Å². The summed E-state index contributed by atoms with van der Waals surface area (Å²) in [5, 5.41) is 8.47. The second-order valence-corrected chi connectivity index (χ2v) is 10.6. The summed E-state index contributed by atoms with van der Waals surface area (Å²) in [6.07, 6.45) is 4.26. The molecule has 0 bridgehead atoms. The zero-order chi connectivity index (χ0) is 23.2. The zero-order valence-electron chi connectivity index (χ0n) is 18.5. The van der Waals surface area contributed by atoms with Crippen molar-refractivity contribution < 1.29 is 13.2 Å². The third-order valence-corrected chi connectivity index (χ3v) is 6.77. The average molecular weight is 464 g/mol. The molecule has 2 aliphatic rings. The number of aromatic nitrogens is 3. The molecule has 2 aliphatic carbocycles. The third kappa shape index (κ3) is 5.07. The van der Waals surface area contributed by atoms with E-state index in [9.17, 15) is 8.42 Å². The van der Waals surface area contributed by atoms with Gasteiger partial charge in [-0.15, -0.1) is 0 Å². The SMILES string of the molecule is CC(Nc1nc(OC2(C)CC2)c2nc(C#CC3CC3)ccc2n1)c1ccc(S(N)(=O)=O)cc1. The van der Waals surface area contributed by atoms with Gasteiger partial charge in [-0.3, -0.25) is 0 Å². The number of primary sulfonamides is 1. The number of ether oxygens (including phenoxy) is 1. The lowest BCUT2D eigenvalue weighted by atomic mass is 10.1. The van der Waals surface area contributed by atoms with Crippen LogP contribution in [0.2, 0.25) is 0 Å². The zero-order valence-corrected chi connectivity index (χ0v) is 19.3. The summed E-state index contributed by atoms with van der Waals surface area (Å²) >= 11 is 0. The number of benzene rings is 1. The summed E-state index contributed by atoms with van der Waals surface area (Å²) in [4.78, 5) is 14.0.